The first-order chi connectivity index (χ1) is 12.6. The van der Waals surface area contributed by atoms with E-state index in [1.807, 2.05) is 0 Å². The molecule has 1 fully saturated rings. The maximum atomic E-state index is 12.9. The normalized spacial score (nSPS) is 16.5. The number of carbonyl (C=O) groups is 1. The first kappa shape index (κ1) is 21.5. The monoisotopic (exact) mass is 400 g/mol. The van der Waals surface area contributed by atoms with Crippen molar-refractivity contribution in [2.24, 2.45) is 0 Å². The lowest BCUT2D eigenvalue weighted by molar-refractivity contribution is -0.137. The van der Waals surface area contributed by atoms with Crippen molar-refractivity contribution < 1.29 is 18.0 Å². The predicted molar refractivity (Wildman–Crippen MR) is 103 cm³/mol. The molecule has 1 aliphatic heterocycles. The molecule has 0 bridgehead atoms. The van der Waals surface area contributed by atoms with E-state index >= 15 is 0 Å². The molecule has 0 spiro atoms. The van der Waals surface area contributed by atoms with Crippen molar-refractivity contribution in [2.75, 3.05) is 19.6 Å². The molecule has 0 saturated carbocycles. The smallest absolute Gasteiger partial charge is 0.350 e. The second kappa shape index (κ2) is 9.42. The van der Waals surface area contributed by atoms with Crippen LogP contribution in [0.15, 0.2) is 35.9 Å². The molecule has 1 heterocycles. The van der Waals surface area contributed by atoms with Crippen LogP contribution in [-0.4, -0.2) is 36.5 Å². The topological polar surface area (TPSA) is 32.3 Å². The molecular weight excluding hydrogens is 377 g/mol. The zero-order valence-electron chi connectivity index (χ0n) is 15.4. The largest absolute Gasteiger partial charge is 0.417 e. The second-order valence-corrected chi connectivity index (χ2v) is 7.34. The van der Waals surface area contributed by atoms with Crippen molar-refractivity contribution in [3.05, 3.63) is 52.1 Å². The van der Waals surface area contributed by atoms with Crippen LogP contribution in [0.3, 0.4) is 0 Å². The first-order valence-corrected chi connectivity index (χ1v) is 9.24. The van der Waals surface area contributed by atoms with Gasteiger partial charge in [-0.25, -0.2) is 0 Å². The fourth-order valence-electron chi connectivity index (χ4n) is 2.86. The number of allylic oxidation sites excluding steroid dienone is 1. The molecule has 0 atom stereocenters. The lowest BCUT2D eigenvalue weighted by atomic mass is 10.0. The molecule has 27 heavy (non-hydrogen) atoms. The molecule has 0 radical (unpaired) electrons. The fourth-order valence-corrected chi connectivity index (χ4v) is 3.08. The van der Waals surface area contributed by atoms with E-state index in [4.69, 9.17) is 11.6 Å². The number of hydrogen-bond acceptors (Lipinski definition) is 2. The second-order valence-electron chi connectivity index (χ2n) is 6.94. The molecule has 1 N–H and O–H groups in total. The van der Waals surface area contributed by atoms with Crippen molar-refractivity contribution in [2.45, 2.75) is 38.9 Å². The van der Waals surface area contributed by atoms with Crippen LogP contribution in [0.2, 0.25) is 5.02 Å². The molecule has 3 nitrogen and oxygen atoms in total. The van der Waals surface area contributed by atoms with Gasteiger partial charge in [-0.15, -0.1) is 0 Å². The zero-order chi connectivity index (χ0) is 20.0. The number of halogens is 4. The summed E-state index contributed by atoms with van der Waals surface area (Å²) in [4.78, 5) is 14.4. The standard InChI is InChI=1S/C20H24ClF3N2O/c1-14(2)7-10-26-11-8-16(9-12-26)25-19(27)6-4-15-3-5-18(21)17(13-15)20(22,23)24/h3-7,13,16H,8-12H2,1-2H3,(H,25,27)/b6-4+. The van der Waals surface area contributed by atoms with Gasteiger partial charge in [0.1, 0.15) is 0 Å². The Kier molecular flexibility index (Phi) is 7.50. The minimum atomic E-state index is -4.53. The Morgan fingerprint density at radius 1 is 1.30 bits per heavy atom. The third-order valence-electron chi connectivity index (χ3n) is 4.41. The molecule has 2 rings (SSSR count). The summed E-state index contributed by atoms with van der Waals surface area (Å²) in [6.07, 6.45) is 2.00. The highest BCUT2D eigenvalue weighted by atomic mass is 35.5. The number of carbonyl (C=O) groups excluding carboxylic acids is 1. The van der Waals surface area contributed by atoms with Crippen molar-refractivity contribution in [3.63, 3.8) is 0 Å². The molecule has 1 saturated heterocycles. The number of amides is 1. The first-order valence-electron chi connectivity index (χ1n) is 8.86. The summed E-state index contributed by atoms with van der Waals surface area (Å²) >= 11 is 5.59. The highest BCUT2D eigenvalue weighted by Gasteiger charge is 2.33. The van der Waals surface area contributed by atoms with Crippen LogP contribution in [0.1, 0.15) is 37.8 Å². The number of nitrogens with one attached hydrogen (secondary N) is 1. The Morgan fingerprint density at radius 3 is 2.56 bits per heavy atom. The summed E-state index contributed by atoms with van der Waals surface area (Å²) in [5.74, 6) is -0.304. The van der Waals surface area contributed by atoms with Crippen molar-refractivity contribution in [1.82, 2.24) is 10.2 Å². The summed E-state index contributed by atoms with van der Waals surface area (Å²) in [6, 6.07) is 3.65. The highest BCUT2D eigenvalue weighted by Crippen LogP contribution is 2.35. The van der Waals surface area contributed by atoms with Crippen molar-refractivity contribution in [3.8, 4) is 0 Å². The third kappa shape index (κ3) is 7.03. The summed E-state index contributed by atoms with van der Waals surface area (Å²) in [5, 5.41) is 2.56. The van der Waals surface area contributed by atoms with Crippen LogP contribution in [0.5, 0.6) is 0 Å². The van der Waals surface area contributed by atoms with Gasteiger partial charge in [-0.2, -0.15) is 13.2 Å². The molecule has 0 aliphatic carbocycles. The summed E-state index contributed by atoms with van der Waals surface area (Å²) in [5.41, 5.74) is 0.653. The van der Waals surface area contributed by atoms with Gasteiger partial charge >= 0.3 is 6.18 Å². The van der Waals surface area contributed by atoms with Crippen LogP contribution in [-0.2, 0) is 11.0 Å². The van der Waals surface area contributed by atoms with E-state index in [1.165, 1.54) is 29.9 Å². The van der Waals surface area contributed by atoms with E-state index in [2.05, 4.69) is 30.1 Å². The minimum Gasteiger partial charge on any atom is -0.350 e. The molecular formula is C20H24ClF3N2O. The molecule has 1 aromatic carbocycles. The lowest BCUT2D eigenvalue weighted by Gasteiger charge is -2.31. The lowest BCUT2D eigenvalue weighted by Crippen LogP contribution is -2.44. The maximum absolute atomic E-state index is 12.9. The van der Waals surface area contributed by atoms with Gasteiger partial charge in [0.05, 0.1) is 10.6 Å². The Morgan fingerprint density at radius 2 is 1.96 bits per heavy atom. The number of piperidine rings is 1. The van der Waals surface area contributed by atoms with Crippen molar-refractivity contribution in [1.29, 1.82) is 0 Å². The molecule has 148 valence electrons. The number of hydrogen-bond donors (Lipinski definition) is 1. The van der Waals surface area contributed by atoms with Crippen LogP contribution in [0, 0.1) is 0 Å². The quantitative estimate of drug-likeness (QED) is 0.562. The van der Waals surface area contributed by atoms with E-state index in [0.29, 0.717) is 0 Å². The molecule has 1 amide bonds. The van der Waals surface area contributed by atoms with Crippen LogP contribution >= 0.6 is 11.6 Å². The Hall–Kier alpha value is -1.79. The van der Waals surface area contributed by atoms with Crippen LogP contribution in [0.25, 0.3) is 6.08 Å². The Labute approximate surface area is 162 Å². The van der Waals surface area contributed by atoms with E-state index in [-0.39, 0.29) is 22.5 Å². The molecule has 1 aromatic rings. The van der Waals surface area contributed by atoms with Gasteiger partial charge in [-0.05, 0) is 50.5 Å². The number of likely N-dealkylation sites (tertiary alicyclic amines) is 1. The van der Waals surface area contributed by atoms with E-state index < -0.39 is 11.7 Å². The molecule has 7 heteroatoms. The number of alkyl halides is 3. The van der Waals surface area contributed by atoms with Crippen LogP contribution in [0.4, 0.5) is 13.2 Å². The molecule has 1 aliphatic rings. The van der Waals surface area contributed by atoms with Gasteiger partial charge < -0.3 is 5.32 Å². The summed E-state index contributed by atoms with van der Waals surface area (Å²) in [6.45, 7) is 6.87. The van der Waals surface area contributed by atoms with Gasteiger partial charge in [-0.3, -0.25) is 9.69 Å². The number of rotatable bonds is 5. The molecule has 0 unspecified atom stereocenters. The predicted octanol–water partition coefficient (Wildman–Crippen LogP) is 4.92. The van der Waals surface area contributed by atoms with Crippen molar-refractivity contribution >= 4 is 23.6 Å². The van der Waals surface area contributed by atoms with Gasteiger partial charge in [0.2, 0.25) is 5.91 Å². The van der Waals surface area contributed by atoms with Gasteiger partial charge in [0.15, 0.2) is 0 Å². The Bertz CT molecular complexity index is 716. The Balaban J connectivity index is 1.87. The summed E-state index contributed by atoms with van der Waals surface area (Å²) < 4.78 is 38.6. The SMILES string of the molecule is CC(C)=CCN1CCC(NC(=O)/C=C/c2ccc(Cl)c(C(F)(F)F)c2)CC1. The summed E-state index contributed by atoms with van der Waals surface area (Å²) in [7, 11) is 0. The van der Waals surface area contributed by atoms with E-state index in [9.17, 15) is 18.0 Å². The highest BCUT2D eigenvalue weighted by molar-refractivity contribution is 6.31. The zero-order valence-corrected chi connectivity index (χ0v) is 16.2. The van der Waals surface area contributed by atoms with E-state index in [0.717, 1.165) is 38.5 Å². The van der Waals surface area contributed by atoms with Gasteiger partial charge in [0, 0.05) is 31.8 Å². The minimum absolute atomic E-state index is 0.0843. The fraction of sp³-hybridized carbons (Fsp3) is 0.450. The van der Waals surface area contributed by atoms with Gasteiger partial charge in [0.25, 0.3) is 0 Å². The van der Waals surface area contributed by atoms with E-state index in [1.54, 1.807) is 0 Å². The number of nitrogens with zero attached hydrogens (tertiary/aromatic N) is 1. The molecule has 0 aromatic heterocycles. The van der Waals surface area contributed by atoms with Crippen LogP contribution < -0.4 is 5.32 Å². The number of benzene rings is 1. The average molecular weight is 401 g/mol. The third-order valence-corrected chi connectivity index (χ3v) is 4.74. The van der Waals surface area contributed by atoms with Gasteiger partial charge in [-0.1, -0.05) is 29.3 Å². The maximum Gasteiger partial charge on any atom is 0.417 e. The average Bonchev–Trinajstić information content (AvgIpc) is 2.59.